The van der Waals surface area contributed by atoms with Gasteiger partial charge in [-0.1, -0.05) is 24.6 Å². The number of sulfonamides is 1. The lowest BCUT2D eigenvalue weighted by Crippen LogP contribution is -2.41. The Bertz CT molecular complexity index is 1790. The van der Waals surface area contributed by atoms with E-state index in [2.05, 4.69) is 4.98 Å². The Morgan fingerprint density at radius 3 is 2.36 bits per heavy atom. The van der Waals surface area contributed by atoms with Crippen LogP contribution in [0.3, 0.4) is 0 Å². The predicted molar refractivity (Wildman–Crippen MR) is 164 cm³/mol. The summed E-state index contributed by atoms with van der Waals surface area (Å²) in [7, 11) is -4.43. The van der Waals surface area contributed by atoms with E-state index in [-0.39, 0.29) is 23.8 Å². The summed E-state index contributed by atoms with van der Waals surface area (Å²) in [4.78, 5) is 32.1. The maximum Gasteiger partial charge on any atom is 0.341 e. The molecule has 4 aromatic rings. The molecule has 9 nitrogen and oxygen atoms in total. The number of carbonyl (C=O) groups excluding carboxylic acids is 2. The second kappa shape index (κ2) is 12.0. The number of hydrogen-bond acceptors (Lipinski definition) is 6. The Kier molecular flexibility index (Phi) is 8.17. The van der Waals surface area contributed by atoms with Gasteiger partial charge in [-0.05, 0) is 104 Å². The van der Waals surface area contributed by atoms with Crippen molar-refractivity contribution in [2.75, 3.05) is 13.1 Å². The van der Waals surface area contributed by atoms with Crippen molar-refractivity contribution in [3.05, 3.63) is 89.9 Å². The van der Waals surface area contributed by atoms with Gasteiger partial charge in [0.25, 0.3) is 15.9 Å². The number of aromatic nitrogens is 1. The van der Waals surface area contributed by atoms with Gasteiger partial charge < -0.3 is 15.5 Å². The molecule has 230 valence electrons. The van der Waals surface area contributed by atoms with Crippen LogP contribution in [0.15, 0.2) is 77.8 Å². The number of imide groups is 1. The summed E-state index contributed by atoms with van der Waals surface area (Å²) in [6.07, 6.45) is 5.42. The number of ether oxygens (including phenoxy) is 1. The Balaban J connectivity index is 1.31. The van der Waals surface area contributed by atoms with Gasteiger partial charge in [-0.3, -0.25) is 9.69 Å². The van der Waals surface area contributed by atoms with E-state index in [1.807, 2.05) is 25.1 Å². The SMILES string of the molecule is Cc1cccc2c(CC3C(=O)N(CC4CCCC(CN)C4)C(=O)N3S(=O)(=O)c3ccc(Oc4ccc(F)cc4)cc3)c[nH]c12. The molecular weight excluding hydrogens is 583 g/mol. The molecule has 1 aliphatic heterocycles. The Hall–Kier alpha value is -4.22. The van der Waals surface area contributed by atoms with Crippen LogP contribution in [0.2, 0.25) is 0 Å². The fourth-order valence-electron chi connectivity index (χ4n) is 6.45. The molecule has 3 atom stereocenters. The molecule has 1 saturated carbocycles. The van der Waals surface area contributed by atoms with E-state index in [0.29, 0.717) is 24.0 Å². The van der Waals surface area contributed by atoms with Crippen LogP contribution in [-0.2, 0) is 21.2 Å². The molecule has 11 heteroatoms. The van der Waals surface area contributed by atoms with Crippen LogP contribution < -0.4 is 10.5 Å². The lowest BCUT2D eigenvalue weighted by Gasteiger charge is -2.30. The molecule has 3 N–H and O–H groups in total. The molecule has 3 amide bonds. The number of para-hydroxylation sites is 1. The summed E-state index contributed by atoms with van der Waals surface area (Å²) >= 11 is 0. The number of rotatable bonds is 9. The van der Waals surface area contributed by atoms with E-state index in [0.717, 1.165) is 56.9 Å². The molecule has 44 heavy (non-hydrogen) atoms. The van der Waals surface area contributed by atoms with Gasteiger partial charge in [-0.25, -0.2) is 21.9 Å². The molecule has 6 rings (SSSR count). The average Bonchev–Trinajstić information content (AvgIpc) is 3.54. The molecule has 2 aliphatic rings. The molecule has 2 heterocycles. The minimum absolute atomic E-state index is 0.0333. The van der Waals surface area contributed by atoms with Gasteiger partial charge in [-0.15, -0.1) is 0 Å². The number of carbonyl (C=O) groups is 2. The second-order valence-corrected chi connectivity index (χ2v) is 13.5. The summed E-state index contributed by atoms with van der Waals surface area (Å²) in [5, 5.41) is 0.876. The number of halogens is 1. The van der Waals surface area contributed by atoms with Gasteiger partial charge in [0, 0.05) is 30.1 Å². The topological polar surface area (TPSA) is 126 Å². The standard InChI is InChI=1S/C33H35FN4O5S/c1-21-4-2-7-29-24(19-36-31(21)29)17-30-32(39)37(20-23-6-3-5-22(16-23)18-35)33(40)38(30)44(41,42)28-14-12-27(13-15-28)43-26-10-8-25(34)9-11-26/h2,4,7-15,19,22-23,30,36H,3,5-6,16-18,20,35H2,1H3. The fourth-order valence-corrected chi connectivity index (χ4v) is 7.96. The minimum atomic E-state index is -4.43. The quantitative estimate of drug-likeness (QED) is 0.231. The summed E-state index contributed by atoms with van der Waals surface area (Å²) in [6, 6.07) is 14.8. The normalized spacial score (nSPS) is 20.9. The molecule has 1 saturated heterocycles. The van der Waals surface area contributed by atoms with Crippen molar-refractivity contribution >= 4 is 32.9 Å². The van der Waals surface area contributed by atoms with E-state index in [1.54, 1.807) is 6.20 Å². The third-order valence-corrected chi connectivity index (χ3v) is 10.6. The zero-order chi connectivity index (χ0) is 31.0. The van der Waals surface area contributed by atoms with Crippen LogP contribution in [0.25, 0.3) is 10.9 Å². The number of urea groups is 1. The summed E-state index contributed by atoms with van der Waals surface area (Å²) in [6.45, 7) is 2.67. The molecule has 1 aromatic heterocycles. The van der Waals surface area contributed by atoms with Crippen molar-refractivity contribution in [3.63, 3.8) is 0 Å². The van der Waals surface area contributed by atoms with Gasteiger partial charge in [0.2, 0.25) is 0 Å². The van der Waals surface area contributed by atoms with Crippen molar-refractivity contribution < 1.29 is 27.1 Å². The highest BCUT2D eigenvalue weighted by molar-refractivity contribution is 7.89. The monoisotopic (exact) mass is 618 g/mol. The van der Waals surface area contributed by atoms with Gasteiger partial charge >= 0.3 is 6.03 Å². The lowest BCUT2D eigenvalue weighted by atomic mass is 9.81. The third kappa shape index (κ3) is 5.69. The number of aromatic amines is 1. The van der Waals surface area contributed by atoms with E-state index < -0.39 is 33.8 Å². The molecule has 0 bridgehead atoms. The Morgan fingerprint density at radius 1 is 0.977 bits per heavy atom. The van der Waals surface area contributed by atoms with Gasteiger partial charge in [0.1, 0.15) is 23.4 Å². The number of nitrogens with zero attached hydrogens (tertiary/aromatic N) is 2. The van der Waals surface area contributed by atoms with Gasteiger partial charge in [0.15, 0.2) is 0 Å². The van der Waals surface area contributed by atoms with E-state index in [1.165, 1.54) is 48.5 Å². The van der Waals surface area contributed by atoms with Crippen molar-refractivity contribution in [3.8, 4) is 11.5 Å². The first kappa shape index (κ1) is 29.8. The number of H-pyrrole nitrogens is 1. The summed E-state index contributed by atoms with van der Waals surface area (Å²) in [5.41, 5.74) is 8.59. The third-order valence-electron chi connectivity index (χ3n) is 8.77. The largest absolute Gasteiger partial charge is 0.457 e. The first-order valence-electron chi connectivity index (χ1n) is 14.8. The van der Waals surface area contributed by atoms with Gasteiger partial charge in [0.05, 0.1) is 4.90 Å². The number of fused-ring (bicyclic) bond motifs is 1. The first-order chi connectivity index (χ1) is 21.2. The highest BCUT2D eigenvalue weighted by Crippen LogP contribution is 2.35. The molecule has 1 aliphatic carbocycles. The number of aryl methyl sites for hydroxylation is 1. The minimum Gasteiger partial charge on any atom is -0.457 e. The Morgan fingerprint density at radius 2 is 1.66 bits per heavy atom. The molecule has 0 radical (unpaired) electrons. The molecule has 0 spiro atoms. The van der Waals surface area contributed by atoms with Crippen molar-refractivity contribution in [1.82, 2.24) is 14.2 Å². The molecule has 3 unspecified atom stereocenters. The summed E-state index contributed by atoms with van der Waals surface area (Å²) in [5.74, 6) is 0.170. The van der Waals surface area contributed by atoms with Crippen LogP contribution in [0.4, 0.5) is 9.18 Å². The zero-order valence-electron chi connectivity index (χ0n) is 24.4. The smallest absolute Gasteiger partial charge is 0.341 e. The maximum atomic E-state index is 14.1. The van der Waals surface area contributed by atoms with Crippen molar-refractivity contribution in [1.29, 1.82) is 0 Å². The summed E-state index contributed by atoms with van der Waals surface area (Å²) < 4.78 is 47.9. The van der Waals surface area contributed by atoms with Crippen LogP contribution in [-0.4, -0.2) is 53.7 Å². The molecular formula is C33H35FN4O5S. The van der Waals surface area contributed by atoms with Crippen LogP contribution >= 0.6 is 0 Å². The average molecular weight is 619 g/mol. The number of nitrogens with one attached hydrogen (secondary N) is 1. The molecule has 3 aromatic carbocycles. The zero-order valence-corrected chi connectivity index (χ0v) is 25.2. The number of benzene rings is 3. The van der Waals surface area contributed by atoms with E-state index >= 15 is 0 Å². The van der Waals surface area contributed by atoms with E-state index in [9.17, 15) is 22.4 Å². The molecule has 2 fully saturated rings. The number of amides is 3. The van der Waals surface area contributed by atoms with Crippen LogP contribution in [0, 0.1) is 24.6 Å². The lowest BCUT2D eigenvalue weighted by molar-refractivity contribution is -0.128. The predicted octanol–water partition coefficient (Wildman–Crippen LogP) is 5.74. The van der Waals surface area contributed by atoms with Crippen molar-refractivity contribution in [2.24, 2.45) is 17.6 Å². The maximum absolute atomic E-state index is 14.1. The Labute approximate surface area is 255 Å². The fraction of sp³-hybridized carbons (Fsp3) is 0.333. The van der Waals surface area contributed by atoms with Gasteiger partial charge in [-0.2, -0.15) is 0 Å². The highest BCUT2D eigenvalue weighted by Gasteiger charge is 2.52. The van der Waals surface area contributed by atoms with Crippen LogP contribution in [0.5, 0.6) is 11.5 Å². The van der Waals surface area contributed by atoms with E-state index in [4.69, 9.17) is 10.5 Å². The second-order valence-electron chi connectivity index (χ2n) is 11.7. The first-order valence-corrected chi connectivity index (χ1v) is 16.3. The van der Waals surface area contributed by atoms with Crippen molar-refractivity contribution in [2.45, 2.75) is 50.0 Å². The number of nitrogens with two attached hydrogens (primary N) is 1. The number of hydrogen-bond donors (Lipinski definition) is 2. The highest BCUT2D eigenvalue weighted by atomic mass is 32.2. The van der Waals surface area contributed by atoms with Crippen LogP contribution in [0.1, 0.15) is 36.8 Å².